The Labute approximate surface area is 196 Å². The monoisotopic (exact) mass is 447 g/mol. The smallest absolute Gasteiger partial charge is 0.261 e. The van der Waals surface area contributed by atoms with Gasteiger partial charge in [0, 0.05) is 18.7 Å². The van der Waals surface area contributed by atoms with E-state index in [0.29, 0.717) is 49.7 Å². The van der Waals surface area contributed by atoms with Crippen LogP contribution in [-0.2, 0) is 13.0 Å². The lowest BCUT2D eigenvalue weighted by atomic mass is 10.0. The highest BCUT2D eigenvalue weighted by Gasteiger charge is 2.29. The van der Waals surface area contributed by atoms with Crippen LogP contribution in [0.25, 0.3) is 0 Å². The van der Waals surface area contributed by atoms with Gasteiger partial charge in [-0.1, -0.05) is 62.8 Å². The van der Waals surface area contributed by atoms with Crippen molar-refractivity contribution >= 4 is 5.71 Å². The zero-order valence-corrected chi connectivity index (χ0v) is 20.0. The minimum Gasteiger partial charge on any atom is -0.364 e. The SMILES string of the molecule is C=C(CC(C)C)N(CCC#N)C(CC)c1nc2c(c(=O)n1Cc1ccccc1)CC(C)=NO2. The number of nitrogens with zero attached hydrogens (tertiary/aromatic N) is 5. The van der Waals surface area contributed by atoms with Crippen LogP contribution < -0.4 is 10.4 Å². The molecule has 0 radical (unpaired) electrons. The van der Waals surface area contributed by atoms with Crippen molar-refractivity contribution in [2.45, 2.75) is 66.0 Å². The van der Waals surface area contributed by atoms with Crippen LogP contribution in [0.5, 0.6) is 5.88 Å². The van der Waals surface area contributed by atoms with Gasteiger partial charge in [-0.2, -0.15) is 10.2 Å². The summed E-state index contributed by atoms with van der Waals surface area (Å²) in [5.41, 5.74) is 3.13. The van der Waals surface area contributed by atoms with Gasteiger partial charge in [-0.3, -0.25) is 9.36 Å². The molecule has 0 bridgehead atoms. The first-order valence-corrected chi connectivity index (χ1v) is 11.5. The number of oxime groups is 1. The molecule has 0 fully saturated rings. The number of nitriles is 1. The van der Waals surface area contributed by atoms with Gasteiger partial charge in [-0.05, 0) is 31.2 Å². The van der Waals surface area contributed by atoms with E-state index in [1.165, 1.54) is 0 Å². The Balaban J connectivity index is 2.15. The number of benzene rings is 1. The molecule has 2 heterocycles. The summed E-state index contributed by atoms with van der Waals surface area (Å²) in [5.74, 6) is 1.31. The second-order valence-electron chi connectivity index (χ2n) is 8.91. The van der Waals surface area contributed by atoms with E-state index in [1.54, 1.807) is 4.57 Å². The molecule has 33 heavy (non-hydrogen) atoms. The van der Waals surface area contributed by atoms with E-state index >= 15 is 0 Å². The van der Waals surface area contributed by atoms with E-state index in [0.717, 1.165) is 23.4 Å². The molecule has 0 amide bonds. The molecule has 0 saturated carbocycles. The van der Waals surface area contributed by atoms with E-state index in [-0.39, 0.29) is 17.5 Å². The number of aromatic nitrogens is 2. The first-order chi connectivity index (χ1) is 15.8. The Hall–Kier alpha value is -3.40. The summed E-state index contributed by atoms with van der Waals surface area (Å²) in [7, 11) is 0. The van der Waals surface area contributed by atoms with Crippen molar-refractivity contribution in [3.63, 3.8) is 0 Å². The second kappa shape index (κ2) is 11.0. The average molecular weight is 448 g/mol. The maximum atomic E-state index is 13.7. The Morgan fingerprint density at radius 3 is 2.70 bits per heavy atom. The number of hydrogen-bond acceptors (Lipinski definition) is 6. The summed E-state index contributed by atoms with van der Waals surface area (Å²) < 4.78 is 1.76. The summed E-state index contributed by atoms with van der Waals surface area (Å²) in [5, 5.41) is 13.3. The van der Waals surface area contributed by atoms with Gasteiger partial charge in [-0.25, -0.2) is 0 Å². The standard InChI is InChI=1S/C26H33N5O2/c1-6-23(30(14-10-13-27)20(5)15-18(2)3)24-28-25-22(16-19(4)29-33-25)26(32)31(24)17-21-11-8-7-9-12-21/h7-9,11-12,18,23H,5-6,10,14-17H2,1-4H3. The van der Waals surface area contributed by atoms with E-state index in [1.807, 2.05) is 37.3 Å². The number of allylic oxidation sites excluding steroid dienone is 1. The van der Waals surface area contributed by atoms with Gasteiger partial charge in [0.25, 0.3) is 11.4 Å². The van der Waals surface area contributed by atoms with Crippen molar-refractivity contribution < 1.29 is 4.84 Å². The molecular weight excluding hydrogens is 414 g/mol. The van der Waals surface area contributed by atoms with Crippen LogP contribution >= 0.6 is 0 Å². The maximum Gasteiger partial charge on any atom is 0.261 e. The molecule has 1 aromatic heterocycles. The highest BCUT2D eigenvalue weighted by Crippen LogP contribution is 2.31. The Bertz CT molecular complexity index is 1110. The van der Waals surface area contributed by atoms with Crippen molar-refractivity contribution in [3.8, 4) is 11.9 Å². The summed E-state index contributed by atoms with van der Waals surface area (Å²) in [6.45, 7) is 13.4. The largest absolute Gasteiger partial charge is 0.364 e. The van der Waals surface area contributed by atoms with E-state index in [9.17, 15) is 10.1 Å². The highest BCUT2D eigenvalue weighted by molar-refractivity contribution is 5.84. The molecule has 2 aromatic rings. The maximum absolute atomic E-state index is 13.7. The van der Waals surface area contributed by atoms with Crippen molar-refractivity contribution in [3.05, 3.63) is 69.9 Å². The van der Waals surface area contributed by atoms with Crippen molar-refractivity contribution in [1.29, 1.82) is 5.26 Å². The first-order valence-electron chi connectivity index (χ1n) is 11.5. The van der Waals surface area contributed by atoms with Crippen LogP contribution in [-0.4, -0.2) is 26.7 Å². The third-order valence-corrected chi connectivity index (χ3v) is 5.73. The zero-order chi connectivity index (χ0) is 24.0. The fourth-order valence-electron chi connectivity index (χ4n) is 4.24. The van der Waals surface area contributed by atoms with Gasteiger partial charge in [0.1, 0.15) is 5.82 Å². The lowest BCUT2D eigenvalue weighted by Crippen LogP contribution is -2.37. The van der Waals surface area contributed by atoms with Crippen LogP contribution in [0.2, 0.25) is 0 Å². The van der Waals surface area contributed by atoms with Crippen molar-refractivity contribution in [1.82, 2.24) is 14.5 Å². The molecule has 0 aliphatic carbocycles. The fraction of sp³-hybridized carbons (Fsp3) is 0.462. The van der Waals surface area contributed by atoms with Crippen LogP contribution in [0.3, 0.4) is 0 Å². The molecule has 3 rings (SSSR count). The Morgan fingerprint density at radius 2 is 2.06 bits per heavy atom. The molecule has 1 unspecified atom stereocenters. The third-order valence-electron chi connectivity index (χ3n) is 5.73. The van der Waals surface area contributed by atoms with Gasteiger partial charge < -0.3 is 9.74 Å². The normalized spacial score (nSPS) is 13.5. The summed E-state index contributed by atoms with van der Waals surface area (Å²) in [6, 6.07) is 11.9. The molecule has 1 aromatic carbocycles. The van der Waals surface area contributed by atoms with Gasteiger partial charge in [0.15, 0.2) is 0 Å². The summed E-state index contributed by atoms with van der Waals surface area (Å²) in [4.78, 5) is 26.2. The molecule has 0 N–H and O–H groups in total. The molecule has 1 aliphatic rings. The fourth-order valence-corrected chi connectivity index (χ4v) is 4.24. The molecular formula is C26H33N5O2. The van der Waals surface area contributed by atoms with Crippen LogP contribution in [0.1, 0.15) is 70.0 Å². The van der Waals surface area contributed by atoms with Gasteiger partial charge in [0.05, 0.1) is 36.4 Å². The van der Waals surface area contributed by atoms with E-state index < -0.39 is 0 Å². The van der Waals surface area contributed by atoms with E-state index in [2.05, 4.69) is 43.5 Å². The van der Waals surface area contributed by atoms with Crippen molar-refractivity contribution in [2.75, 3.05) is 6.54 Å². The second-order valence-corrected chi connectivity index (χ2v) is 8.91. The molecule has 1 aliphatic heterocycles. The average Bonchev–Trinajstić information content (AvgIpc) is 2.79. The predicted octanol–water partition coefficient (Wildman–Crippen LogP) is 4.83. The molecule has 174 valence electrons. The number of rotatable bonds is 10. The van der Waals surface area contributed by atoms with Gasteiger partial charge >= 0.3 is 0 Å². The minimum absolute atomic E-state index is 0.110. The Morgan fingerprint density at radius 1 is 1.33 bits per heavy atom. The van der Waals surface area contributed by atoms with Gasteiger partial charge in [-0.15, -0.1) is 0 Å². The van der Waals surface area contributed by atoms with E-state index in [4.69, 9.17) is 9.82 Å². The predicted molar refractivity (Wildman–Crippen MR) is 130 cm³/mol. The number of hydrogen-bond donors (Lipinski definition) is 0. The van der Waals surface area contributed by atoms with Crippen LogP contribution in [0, 0.1) is 17.2 Å². The quantitative estimate of drug-likeness (QED) is 0.521. The molecule has 0 spiro atoms. The highest BCUT2D eigenvalue weighted by atomic mass is 16.6. The van der Waals surface area contributed by atoms with Crippen LogP contribution in [0.15, 0.2) is 52.6 Å². The minimum atomic E-state index is -0.220. The van der Waals surface area contributed by atoms with Crippen LogP contribution in [0.4, 0.5) is 0 Å². The van der Waals surface area contributed by atoms with Crippen molar-refractivity contribution in [2.24, 2.45) is 11.1 Å². The topological polar surface area (TPSA) is 83.5 Å². The summed E-state index contributed by atoms with van der Waals surface area (Å²) in [6.07, 6.45) is 2.29. The number of fused-ring (bicyclic) bond motifs is 1. The first kappa shape index (κ1) is 24.2. The lowest BCUT2D eigenvalue weighted by molar-refractivity contribution is 0.219. The summed E-state index contributed by atoms with van der Waals surface area (Å²) >= 11 is 0. The zero-order valence-electron chi connectivity index (χ0n) is 20.0. The molecule has 7 heteroatoms. The molecule has 0 saturated heterocycles. The molecule has 1 atom stereocenters. The molecule has 7 nitrogen and oxygen atoms in total. The Kier molecular flexibility index (Phi) is 8.05. The van der Waals surface area contributed by atoms with Gasteiger partial charge in [0.2, 0.25) is 0 Å². The lowest BCUT2D eigenvalue weighted by Gasteiger charge is -2.35. The third kappa shape index (κ3) is 5.70.